The second-order valence-corrected chi connectivity index (χ2v) is 4.16. The topological polar surface area (TPSA) is 43.8 Å². The third kappa shape index (κ3) is 1.86. The number of hydrogen-bond acceptors (Lipinski definition) is 2. The van der Waals surface area contributed by atoms with Crippen molar-refractivity contribution >= 4 is 0 Å². The number of nitrogens with zero attached hydrogens (tertiary/aromatic N) is 2. The molecular weight excluding hydrogens is 198 g/mol. The van der Waals surface area contributed by atoms with Gasteiger partial charge in [-0.3, -0.25) is 4.68 Å². The van der Waals surface area contributed by atoms with E-state index in [1.165, 1.54) is 16.7 Å². The van der Waals surface area contributed by atoms with Crippen LogP contribution in [0.1, 0.15) is 16.8 Å². The van der Waals surface area contributed by atoms with Gasteiger partial charge >= 0.3 is 0 Å². The van der Waals surface area contributed by atoms with E-state index in [1.807, 2.05) is 18.7 Å². The van der Waals surface area contributed by atoms with Crippen LogP contribution in [0.3, 0.4) is 0 Å². The lowest BCUT2D eigenvalue weighted by Gasteiger charge is -2.06. The highest BCUT2D eigenvalue weighted by Gasteiger charge is 2.08. The Morgan fingerprint density at radius 1 is 1.25 bits per heavy atom. The average molecular weight is 215 g/mol. The second-order valence-electron chi connectivity index (χ2n) is 4.16. The first-order valence-electron chi connectivity index (χ1n) is 5.42. The molecule has 0 spiro atoms. The Morgan fingerprint density at radius 3 is 2.56 bits per heavy atom. The number of benzene rings is 1. The first kappa shape index (κ1) is 10.9. The van der Waals surface area contributed by atoms with Crippen LogP contribution in [0.5, 0.6) is 0 Å². The lowest BCUT2D eigenvalue weighted by molar-refractivity contribution is 0.756. The Bertz CT molecular complexity index is 512. The van der Waals surface area contributed by atoms with Crippen molar-refractivity contribution in [2.45, 2.75) is 20.4 Å². The van der Waals surface area contributed by atoms with Crippen molar-refractivity contribution in [3.8, 4) is 11.1 Å². The summed E-state index contributed by atoms with van der Waals surface area (Å²) < 4.78 is 1.85. The van der Waals surface area contributed by atoms with Crippen molar-refractivity contribution in [1.82, 2.24) is 9.78 Å². The van der Waals surface area contributed by atoms with Crippen LogP contribution in [0, 0.1) is 13.8 Å². The quantitative estimate of drug-likeness (QED) is 0.834. The van der Waals surface area contributed by atoms with Gasteiger partial charge in [0.1, 0.15) is 0 Å². The Morgan fingerprint density at radius 2 is 2.00 bits per heavy atom. The number of rotatable bonds is 2. The molecule has 2 aromatic rings. The van der Waals surface area contributed by atoms with E-state index in [0.29, 0.717) is 6.54 Å². The number of aromatic nitrogens is 2. The standard InChI is InChI=1S/C13H17N3/c1-9-4-5-11(7-14)6-12(9)13-8-16(3)15-10(13)2/h4-6,8H,7,14H2,1-3H3. The Kier molecular flexibility index (Phi) is 2.79. The molecule has 1 aromatic heterocycles. The summed E-state index contributed by atoms with van der Waals surface area (Å²) in [5.41, 5.74) is 11.6. The minimum absolute atomic E-state index is 0.576. The van der Waals surface area contributed by atoms with E-state index >= 15 is 0 Å². The van der Waals surface area contributed by atoms with Crippen LogP contribution in [0.2, 0.25) is 0 Å². The van der Waals surface area contributed by atoms with E-state index in [4.69, 9.17) is 5.73 Å². The molecule has 0 amide bonds. The maximum atomic E-state index is 5.67. The van der Waals surface area contributed by atoms with Crippen LogP contribution in [-0.2, 0) is 13.6 Å². The Balaban J connectivity index is 2.58. The maximum Gasteiger partial charge on any atom is 0.0672 e. The third-order valence-corrected chi connectivity index (χ3v) is 2.84. The molecule has 0 saturated carbocycles. The summed E-state index contributed by atoms with van der Waals surface area (Å²) in [7, 11) is 1.94. The number of aryl methyl sites for hydroxylation is 3. The van der Waals surface area contributed by atoms with Gasteiger partial charge in [0.15, 0.2) is 0 Å². The van der Waals surface area contributed by atoms with E-state index in [1.54, 1.807) is 0 Å². The molecule has 0 aliphatic heterocycles. The highest BCUT2D eigenvalue weighted by atomic mass is 15.2. The van der Waals surface area contributed by atoms with Gasteiger partial charge in [0.25, 0.3) is 0 Å². The predicted octanol–water partition coefficient (Wildman–Crippen LogP) is 2.16. The molecule has 1 aromatic carbocycles. The Labute approximate surface area is 95.9 Å². The summed E-state index contributed by atoms with van der Waals surface area (Å²) in [5, 5.41) is 4.37. The van der Waals surface area contributed by atoms with Crippen LogP contribution in [0.4, 0.5) is 0 Å². The van der Waals surface area contributed by atoms with Gasteiger partial charge in [0.2, 0.25) is 0 Å². The third-order valence-electron chi connectivity index (χ3n) is 2.84. The van der Waals surface area contributed by atoms with Crippen LogP contribution >= 0.6 is 0 Å². The molecule has 0 unspecified atom stereocenters. The monoisotopic (exact) mass is 215 g/mol. The molecule has 0 atom stereocenters. The molecular formula is C13H17N3. The zero-order chi connectivity index (χ0) is 11.7. The fraction of sp³-hybridized carbons (Fsp3) is 0.308. The highest BCUT2D eigenvalue weighted by Crippen LogP contribution is 2.26. The summed E-state index contributed by atoms with van der Waals surface area (Å²) in [4.78, 5) is 0. The summed E-state index contributed by atoms with van der Waals surface area (Å²) in [6.45, 7) is 4.72. The summed E-state index contributed by atoms with van der Waals surface area (Å²) in [6.07, 6.45) is 2.05. The predicted molar refractivity (Wildman–Crippen MR) is 66.0 cm³/mol. The lowest BCUT2D eigenvalue weighted by atomic mass is 9.99. The fourth-order valence-corrected chi connectivity index (χ4v) is 1.95. The summed E-state index contributed by atoms with van der Waals surface area (Å²) in [5.74, 6) is 0. The van der Waals surface area contributed by atoms with Crippen LogP contribution < -0.4 is 5.73 Å². The van der Waals surface area contributed by atoms with Crippen molar-refractivity contribution in [2.24, 2.45) is 12.8 Å². The zero-order valence-corrected chi connectivity index (χ0v) is 9.99. The molecule has 0 radical (unpaired) electrons. The van der Waals surface area contributed by atoms with Crippen LogP contribution in [-0.4, -0.2) is 9.78 Å². The summed E-state index contributed by atoms with van der Waals surface area (Å²) in [6, 6.07) is 6.34. The molecule has 1 heterocycles. The normalized spacial score (nSPS) is 10.8. The van der Waals surface area contributed by atoms with Crippen LogP contribution in [0.25, 0.3) is 11.1 Å². The number of hydrogen-bond donors (Lipinski definition) is 1. The van der Waals surface area contributed by atoms with Gasteiger partial charge < -0.3 is 5.73 Å². The molecule has 0 saturated heterocycles. The molecule has 0 fully saturated rings. The van der Waals surface area contributed by atoms with E-state index in [-0.39, 0.29) is 0 Å². The Hall–Kier alpha value is -1.61. The van der Waals surface area contributed by atoms with E-state index in [0.717, 1.165) is 11.3 Å². The van der Waals surface area contributed by atoms with Gasteiger partial charge in [0, 0.05) is 25.4 Å². The van der Waals surface area contributed by atoms with E-state index < -0.39 is 0 Å². The van der Waals surface area contributed by atoms with Gasteiger partial charge in [-0.1, -0.05) is 12.1 Å². The smallest absolute Gasteiger partial charge is 0.0672 e. The SMILES string of the molecule is Cc1ccc(CN)cc1-c1cn(C)nc1C. The largest absolute Gasteiger partial charge is 0.326 e. The van der Waals surface area contributed by atoms with Gasteiger partial charge in [-0.15, -0.1) is 0 Å². The van der Waals surface area contributed by atoms with Crippen molar-refractivity contribution in [1.29, 1.82) is 0 Å². The van der Waals surface area contributed by atoms with Gasteiger partial charge in [0.05, 0.1) is 5.69 Å². The number of nitrogens with two attached hydrogens (primary N) is 1. The first-order chi connectivity index (χ1) is 7.61. The van der Waals surface area contributed by atoms with Gasteiger partial charge in [-0.2, -0.15) is 5.10 Å². The zero-order valence-electron chi connectivity index (χ0n) is 9.99. The average Bonchev–Trinajstić information content (AvgIpc) is 2.58. The van der Waals surface area contributed by atoms with E-state index in [2.05, 4.69) is 36.4 Å². The molecule has 0 bridgehead atoms. The highest BCUT2D eigenvalue weighted by molar-refractivity contribution is 5.69. The maximum absolute atomic E-state index is 5.67. The van der Waals surface area contributed by atoms with Gasteiger partial charge in [-0.05, 0) is 36.6 Å². The molecule has 0 aliphatic rings. The van der Waals surface area contributed by atoms with Crippen LogP contribution in [0.15, 0.2) is 24.4 Å². The minimum Gasteiger partial charge on any atom is -0.326 e. The van der Waals surface area contributed by atoms with Crippen molar-refractivity contribution in [3.63, 3.8) is 0 Å². The second kappa shape index (κ2) is 4.10. The summed E-state index contributed by atoms with van der Waals surface area (Å²) >= 11 is 0. The van der Waals surface area contributed by atoms with Crippen molar-refractivity contribution in [3.05, 3.63) is 41.2 Å². The molecule has 2 N–H and O–H groups in total. The molecule has 0 aliphatic carbocycles. The minimum atomic E-state index is 0.576. The van der Waals surface area contributed by atoms with Crippen molar-refractivity contribution < 1.29 is 0 Å². The molecule has 16 heavy (non-hydrogen) atoms. The fourth-order valence-electron chi connectivity index (χ4n) is 1.95. The molecule has 3 heteroatoms. The molecule has 3 nitrogen and oxygen atoms in total. The van der Waals surface area contributed by atoms with Gasteiger partial charge in [-0.25, -0.2) is 0 Å². The van der Waals surface area contributed by atoms with Crippen molar-refractivity contribution in [2.75, 3.05) is 0 Å². The molecule has 84 valence electrons. The van der Waals surface area contributed by atoms with E-state index in [9.17, 15) is 0 Å². The lowest BCUT2D eigenvalue weighted by Crippen LogP contribution is -1.97. The molecule has 2 rings (SSSR count). The first-order valence-corrected chi connectivity index (χ1v) is 5.42.